The van der Waals surface area contributed by atoms with Crippen molar-refractivity contribution in [2.45, 2.75) is 44.1 Å². The molecule has 3 unspecified atom stereocenters. The number of aromatic nitrogens is 1. The number of amides is 1. The molecular weight excluding hydrogens is 419 g/mol. The Bertz CT molecular complexity index is 780. The smallest absolute Gasteiger partial charge is 0.245 e. The SMILES string of the molecule is Cc1nc(NC(=O)C2NNC(C(C)C)C2Br)sc1Cc1ccc(F)cc1. The number of aryl methyl sites for hydroxylation is 1. The first-order valence-electron chi connectivity index (χ1n) is 8.52. The van der Waals surface area contributed by atoms with Crippen LogP contribution in [0.3, 0.4) is 0 Å². The predicted octanol–water partition coefficient (Wildman–Crippen LogP) is 3.38. The molecule has 3 N–H and O–H groups in total. The Hall–Kier alpha value is -1.35. The molecule has 0 bridgehead atoms. The Morgan fingerprint density at radius 3 is 2.65 bits per heavy atom. The van der Waals surface area contributed by atoms with Gasteiger partial charge in [-0.25, -0.2) is 14.8 Å². The van der Waals surface area contributed by atoms with Crippen molar-refractivity contribution >= 4 is 38.3 Å². The Balaban J connectivity index is 1.65. The highest BCUT2D eigenvalue weighted by molar-refractivity contribution is 9.09. The molecule has 1 aliphatic rings. The fraction of sp³-hybridized carbons (Fsp3) is 0.444. The molecule has 1 aromatic heterocycles. The Labute approximate surface area is 164 Å². The number of halogens is 2. The van der Waals surface area contributed by atoms with Crippen LogP contribution >= 0.6 is 27.3 Å². The van der Waals surface area contributed by atoms with Gasteiger partial charge in [-0.3, -0.25) is 10.2 Å². The molecule has 0 spiro atoms. The number of rotatable bonds is 5. The van der Waals surface area contributed by atoms with Crippen molar-refractivity contribution in [3.8, 4) is 0 Å². The molecule has 2 heterocycles. The van der Waals surface area contributed by atoms with E-state index in [1.54, 1.807) is 12.1 Å². The van der Waals surface area contributed by atoms with Gasteiger partial charge >= 0.3 is 0 Å². The largest absolute Gasteiger partial charge is 0.301 e. The third-order valence-corrected chi connectivity index (χ3v) is 6.64. The van der Waals surface area contributed by atoms with Crippen molar-refractivity contribution in [3.05, 3.63) is 46.2 Å². The molecular formula is C18H22BrFN4OS. The molecule has 0 saturated carbocycles. The van der Waals surface area contributed by atoms with Gasteiger partial charge in [-0.15, -0.1) is 11.3 Å². The number of benzene rings is 1. The van der Waals surface area contributed by atoms with E-state index in [9.17, 15) is 9.18 Å². The Kier molecular flexibility index (Phi) is 6.06. The minimum Gasteiger partial charge on any atom is -0.301 e. The van der Waals surface area contributed by atoms with Gasteiger partial charge in [-0.2, -0.15) is 0 Å². The summed E-state index contributed by atoms with van der Waals surface area (Å²) in [6.07, 6.45) is 0.666. The minimum atomic E-state index is -0.368. The van der Waals surface area contributed by atoms with E-state index in [2.05, 4.69) is 50.9 Å². The van der Waals surface area contributed by atoms with Gasteiger partial charge in [0.1, 0.15) is 11.9 Å². The van der Waals surface area contributed by atoms with E-state index in [0.29, 0.717) is 17.5 Å². The van der Waals surface area contributed by atoms with E-state index in [4.69, 9.17) is 0 Å². The van der Waals surface area contributed by atoms with Crippen LogP contribution in [0.1, 0.15) is 30.0 Å². The van der Waals surface area contributed by atoms with Crippen molar-refractivity contribution in [1.29, 1.82) is 0 Å². The van der Waals surface area contributed by atoms with Crippen LogP contribution in [0.15, 0.2) is 24.3 Å². The molecule has 26 heavy (non-hydrogen) atoms. The van der Waals surface area contributed by atoms with Gasteiger partial charge in [0.15, 0.2) is 5.13 Å². The molecule has 8 heteroatoms. The van der Waals surface area contributed by atoms with E-state index < -0.39 is 0 Å². The van der Waals surface area contributed by atoms with Crippen LogP contribution in [-0.4, -0.2) is 27.8 Å². The van der Waals surface area contributed by atoms with Gasteiger partial charge in [-0.05, 0) is 30.5 Å². The maximum Gasteiger partial charge on any atom is 0.245 e. The van der Waals surface area contributed by atoms with Crippen molar-refractivity contribution in [2.75, 3.05) is 5.32 Å². The average Bonchev–Trinajstić information content (AvgIpc) is 3.12. The Morgan fingerprint density at radius 1 is 1.35 bits per heavy atom. The predicted molar refractivity (Wildman–Crippen MR) is 106 cm³/mol. The Morgan fingerprint density at radius 2 is 2.04 bits per heavy atom. The number of alkyl halides is 1. The van der Waals surface area contributed by atoms with E-state index in [0.717, 1.165) is 16.1 Å². The van der Waals surface area contributed by atoms with E-state index in [-0.39, 0.29) is 28.6 Å². The third-order valence-electron chi connectivity index (χ3n) is 4.47. The number of thiazole rings is 1. The summed E-state index contributed by atoms with van der Waals surface area (Å²) in [6, 6.07) is 6.25. The van der Waals surface area contributed by atoms with Crippen LogP contribution in [0.4, 0.5) is 9.52 Å². The first kappa shape index (κ1) is 19.4. The zero-order valence-corrected chi connectivity index (χ0v) is 17.2. The summed E-state index contributed by atoms with van der Waals surface area (Å²) < 4.78 is 13.0. The van der Waals surface area contributed by atoms with Crippen molar-refractivity contribution in [3.63, 3.8) is 0 Å². The average molecular weight is 441 g/mol. The molecule has 0 aliphatic carbocycles. The molecule has 1 aromatic carbocycles. The second kappa shape index (κ2) is 8.12. The minimum absolute atomic E-state index is 0.00208. The molecule has 3 atom stereocenters. The summed E-state index contributed by atoms with van der Waals surface area (Å²) in [5.41, 5.74) is 8.12. The molecule has 1 saturated heterocycles. The first-order valence-corrected chi connectivity index (χ1v) is 10.2. The van der Waals surface area contributed by atoms with Crippen LogP contribution in [0.5, 0.6) is 0 Å². The van der Waals surface area contributed by atoms with Crippen molar-refractivity contribution in [2.24, 2.45) is 5.92 Å². The highest BCUT2D eigenvalue weighted by Crippen LogP contribution is 2.27. The highest BCUT2D eigenvalue weighted by Gasteiger charge is 2.39. The first-order chi connectivity index (χ1) is 12.3. The van der Waals surface area contributed by atoms with Crippen LogP contribution in [0, 0.1) is 18.7 Å². The zero-order chi connectivity index (χ0) is 18.8. The molecule has 1 aliphatic heterocycles. The number of nitrogens with zero attached hydrogens (tertiary/aromatic N) is 1. The summed E-state index contributed by atoms with van der Waals surface area (Å²) in [4.78, 5) is 18.1. The van der Waals surface area contributed by atoms with E-state index >= 15 is 0 Å². The molecule has 0 radical (unpaired) electrons. The topological polar surface area (TPSA) is 66.0 Å². The number of hydrogen-bond donors (Lipinski definition) is 3. The maximum atomic E-state index is 13.0. The van der Waals surface area contributed by atoms with Gasteiger partial charge in [0.2, 0.25) is 5.91 Å². The summed E-state index contributed by atoms with van der Waals surface area (Å²) in [7, 11) is 0. The fourth-order valence-electron chi connectivity index (χ4n) is 2.91. The normalized spacial score (nSPS) is 22.8. The number of nitrogens with one attached hydrogen (secondary N) is 3. The molecule has 3 rings (SSSR count). The molecule has 2 aromatic rings. The van der Waals surface area contributed by atoms with Gasteiger partial charge in [0.05, 0.1) is 10.5 Å². The lowest BCUT2D eigenvalue weighted by Crippen LogP contribution is -2.42. The fourth-order valence-corrected chi connectivity index (χ4v) is 5.03. The van der Waals surface area contributed by atoms with Crippen LogP contribution in [-0.2, 0) is 11.2 Å². The molecule has 5 nitrogen and oxygen atoms in total. The number of anilines is 1. The quantitative estimate of drug-likeness (QED) is 0.623. The van der Waals surface area contributed by atoms with Gasteiger partial charge in [-0.1, -0.05) is 41.9 Å². The van der Waals surface area contributed by atoms with Gasteiger partial charge in [0, 0.05) is 17.3 Å². The van der Waals surface area contributed by atoms with E-state index in [1.807, 2.05) is 6.92 Å². The maximum absolute atomic E-state index is 13.0. The monoisotopic (exact) mass is 440 g/mol. The summed E-state index contributed by atoms with van der Waals surface area (Å²) in [6.45, 7) is 6.14. The van der Waals surface area contributed by atoms with Crippen molar-refractivity contribution in [1.82, 2.24) is 15.8 Å². The van der Waals surface area contributed by atoms with Gasteiger partial charge < -0.3 is 5.32 Å². The molecule has 1 amide bonds. The second-order valence-electron chi connectivity index (χ2n) is 6.80. The number of carbonyl (C=O) groups excluding carboxylic acids is 1. The zero-order valence-electron chi connectivity index (χ0n) is 14.8. The molecule has 1 fully saturated rings. The van der Waals surface area contributed by atoms with Gasteiger partial charge in [0.25, 0.3) is 0 Å². The summed E-state index contributed by atoms with van der Waals surface area (Å²) >= 11 is 5.08. The lowest BCUT2D eigenvalue weighted by Gasteiger charge is -2.19. The summed E-state index contributed by atoms with van der Waals surface area (Å²) in [5.74, 6) is 0.0307. The lowest BCUT2D eigenvalue weighted by molar-refractivity contribution is -0.117. The van der Waals surface area contributed by atoms with Crippen molar-refractivity contribution < 1.29 is 9.18 Å². The van der Waals surface area contributed by atoms with Crippen LogP contribution < -0.4 is 16.2 Å². The van der Waals surface area contributed by atoms with Crippen LogP contribution in [0.25, 0.3) is 0 Å². The second-order valence-corrected chi connectivity index (χ2v) is 8.94. The number of hydrogen-bond acceptors (Lipinski definition) is 5. The number of carbonyl (C=O) groups is 1. The van der Waals surface area contributed by atoms with E-state index in [1.165, 1.54) is 23.5 Å². The summed E-state index contributed by atoms with van der Waals surface area (Å²) in [5, 5.41) is 3.49. The molecule has 140 valence electrons. The third kappa shape index (κ3) is 4.31. The number of hydrazine groups is 1. The highest BCUT2D eigenvalue weighted by atomic mass is 79.9. The lowest BCUT2D eigenvalue weighted by atomic mass is 9.99. The van der Waals surface area contributed by atoms with Crippen LogP contribution in [0.2, 0.25) is 0 Å². The standard InChI is InChI=1S/C18H22BrFN4OS/c1-9(2)15-14(19)16(24-23-15)17(25)22-18-21-10(3)13(26-18)8-11-4-6-12(20)7-5-11/h4-7,9,14-16,23-24H,8H2,1-3H3,(H,21,22,25).